The Balaban J connectivity index is 1.68. The number of unbranched alkanes of at least 4 members (excludes halogenated alkanes) is 3. The molecule has 0 saturated carbocycles. The Morgan fingerprint density at radius 1 is 0.919 bits per heavy atom. The fraction of sp³-hybridized carbons (Fsp3) is 0.500. The minimum Gasteiger partial charge on any atom is -0.494 e. The molecule has 2 aromatic carbocycles. The number of hydrogen-bond acceptors (Lipinski definition) is 6. The quantitative estimate of drug-likeness (QED) is 0.0773. The van der Waals surface area contributed by atoms with Gasteiger partial charge in [-0.25, -0.2) is 0 Å². The molecule has 0 radical (unpaired) electrons. The monoisotopic (exact) mass is 524 g/mol. The number of rotatable bonds is 17. The predicted molar refractivity (Wildman–Crippen MR) is 153 cm³/mol. The Bertz CT molecular complexity index is 1150. The van der Waals surface area contributed by atoms with Gasteiger partial charge in [0.05, 0.1) is 11.5 Å². The number of carbonyl (C=O) groups is 1. The molecule has 7 heteroatoms. The lowest BCUT2D eigenvalue weighted by molar-refractivity contribution is -0.385. The van der Waals surface area contributed by atoms with Crippen molar-refractivity contribution >= 4 is 32.9 Å². The lowest BCUT2D eigenvalue weighted by atomic mass is 9.98. The summed E-state index contributed by atoms with van der Waals surface area (Å²) in [6.45, 7) is 10.5. The Kier molecular flexibility index (Phi) is 11.5. The highest BCUT2D eigenvalue weighted by molar-refractivity contribution is 7.19. The molecule has 0 N–H and O–H groups in total. The first kappa shape index (κ1) is 28.8. The summed E-state index contributed by atoms with van der Waals surface area (Å²) >= 11 is 1.61. The number of thiophene rings is 1. The van der Waals surface area contributed by atoms with E-state index in [1.807, 2.05) is 6.07 Å². The number of nitrogens with zero attached hydrogens (tertiary/aromatic N) is 2. The molecule has 0 aliphatic carbocycles. The molecule has 0 aliphatic rings. The van der Waals surface area contributed by atoms with E-state index < -0.39 is 4.92 Å². The summed E-state index contributed by atoms with van der Waals surface area (Å²) < 4.78 is 6.84. The highest BCUT2D eigenvalue weighted by Crippen LogP contribution is 2.36. The minimum atomic E-state index is -0.460. The van der Waals surface area contributed by atoms with Crippen molar-refractivity contribution in [1.82, 2.24) is 4.90 Å². The molecule has 0 fully saturated rings. The second kappa shape index (κ2) is 14.8. The predicted octanol–water partition coefficient (Wildman–Crippen LogP) is 8.05. The molecule has 200 valence electrons. The standard InChI is InChI=1S/C30H40N2O4S/c1-4-7-11-25-22-26-28(37-25)17-16-27(32(34)35)29(26)30(33)23-12-14-24(15-13-23)36-21-10-20-31(18-8-5-2)19-9-6-3/h12-17,22H,4-11,18-21H2,1-3H3. The first-order valence-electron chi connectivity index (χ1n) is 13.7. The molecule has 0 atom stereocenters. The van der Waals surface area contributed by atoms with Crippen LogP contribution in [-0.2, 0) is 6.42 Å². The molecule has 0 amide bonds. The fourth-order valence-electron chi connectivity index (χ4n) is 4.44. The van der Waals surface area contributed by atoms with Crippen LogP contribution in [0.3, 0.4) is 0 Å². The van der Waals surface area contributed by atoms with Gasteiger partial charge < -0.3 is 9.64 Å². The van der Waals surface area contributed by atoms with Crippen LogP contribution in [0.5, 0.6) is 5.75 Å². The third-order valence-corrected chi connectivity index (χ3v) is 7.75. The number of hydrogen-bond donors (Lipinski definition) is 0. The maximum Gasteiger partial charge on any atom is 0.281 e. The van der Waals surface area contributed by atoms with E-state index >= 15 is 0 Å². The molecule has 1 aromatic heterocycles. The van der Waals surface area contributed by atoms with Crippen LogP contribution >= 0.6 is 11.3 Å². The van der Waals surface area contributed by atoms with Crippen molar-refractivity contribution in [3.63, 3.8) is 0 Å². The van der Waals surface area contributed by atoms with Crippen LogP contribution in [0.4, 0.5) is 5.69 Å². The SMILES string of the molecule is CCCCc1cc2c(C(=O)c3ccc(OCCCN(CCCC)CCCC)cc3)c([N+](=O)[O-])ccc2s1. The van der Waals surface area contributed by atoms with Crippen LogP contribution in [0.25, 0.3) is 10.1 Å². The first-order chi connectivity index (χ1) is 18.0. The lowest BCUT2D eigenvalue weighted by Gasteiger charge is -2.21. The minimum absolute atomic E-state index is 0.145. The third kappa shape index (κ3) is 8.11. The zero-order valence-corrected chi connectivity index (χ0v) is 23.3. The largest absolute Gasteiger partial charge is 0.494 e. The smallest absolute Gasteiger partial charge is 0.281 e. The Morgan fingerprint density at radius 2 is 1.57 bits per heavy atom. The van der Waals surface area contributed by atoms with Crippen LogP contribution in [0.15, 0.2) is 42.5 Å². The number of nitro groups is 1. The Labute approximate surface area is 224 Å². The summed E-state index contributed by atoms with van der Waals surface area (Å²) in [5.74, 6) is 0.376. The van der Waals surface area contributed by atoms with E-state index in [1.165, 1.54) is 31.7 Å². The van der Waals surface area contributed by atoms with Crippen molar-refractivity contribution in [3.05, 3.63) is 68.6 Å². The molecular weight excluding hydrogens is 484 g/mol. The molecular formula is C30H40N2O4S. The van der Waals surface area contributed by atoms with Crippen LogP contribution in [0.2, 0.25) is 0 Å². The molecule has 1 heterocycles. The second-order valence-corrected chi connectivity index (χ2v) is 10.7. The van der Waals surface area contributed by atoms with Gasteiger partial charge >= 0.3 is 0 Å². The molecule has 0 unspecified atom stereocenters. The maximum atomic E-state index is 13.5. The van der Waals surface area contributed by atoms with Gasteiger partial charge in [-0.15, -0.1) is 11.3 Å². The highest BCUT2D eigenvalue weighted by Gasteiger charge is 2.25. The van der Waals surface area contributed by atoms with Crippen LogP contribution in [0.1, 0.15) is 86.5 Å². The van der Waals surface area contributed by atoms with Gasteiger partial charge in [-0.2, -0.15) is 0 Å². The van der Waals surface area contributed by atoms with E-state index in [9.17, 15) is 14.9 Å². The van der Waals surface area contributed by atoms with Gasteiger partial charge in [0.1, 0.15) is 11.3 Å². The van der Waals surface area contributed by atoms with Crippen molar-refractivity contribution in [1.29, 1.82) is 0 Å². The molecule has 0 spiro atoms. The van der Waals surface area contributed by atoms with Crippen LogP contribution in [-0.4, -0.2) is 41.8 Å². The van der Waals surface area contributed by atoms with Gasteiger partial charge in [0.15, 0.2) is 0 Å². The topological polar surface area (TPSA) is 72.7 Å². The van der Waals surface area contributed by atoms with E-state index in [0.29, 0.717) is 23.3 Å². The van der Waals surface area contributed by atoms with Gasteiger partial charge in [0, 0.05) is 33.1 Å². The van der Waals surface area contributed by atoms with Crippen molar-refractivity contribution in [2.45, 2.75) is 72.1 Å². The van der Waals surface area contributed by atoms with E-state index in [4.69, 9.17) is 4.74 Å². The summed E-state index contributed by atoms with van der Waals surface area (Å²) in [5, 5.41) is 12.5. The molecule has 0 saturated heterocycles. The lowest BCUT2D eigenvalue weighted by Crippen LogP contribution is -2.28. The normalized spacial score (nSPS) is 11.4. The number of ether oxygens (including phenoxy) is 1. The van der Waals surface area contributed by atoms with Gasteiger partial charge in [-0.1, -0.05) is 40.0 Å². The average Bonchev–Trinajstić information content (AvgIpc) is 3.33. The van der Waals surface area contributed by atoms with E-state index in [-0.39, 0.29) is 17.0 Å². The second-order valence-electron chi connectivity index (χ2n) is 9.55. The van der Waals surface area contributed by atoms with E-state index in [2.05, 4.69) is 25.7 Å². The number of ketones is 1. The van der Waals surface area contributed by atoms with Crippen molar-refractivity contribution in [3.8, 4) is 5.75 Å². The first-order valence-corrected chi connectivity index (χ1v) is 14.5. The number of fused-ring (bicyclic) bond motifs is 1. The summed E-state index contributed by atoms with van der Waals surface area (Å²) in [4.78, 5) is 28.5. The van der Waals surface area contributed by atoms with E-state index in [0.717, 1.165) is 54.9 Å². The summed E-state index contributed by atoms with van der Waals surface area (Å²) in [5.41, 5.74) is 0.456. The van der Waals surface area contributed by atoms with Gasteiger partial charge in [0.25, 0.3) is 5.69 Å². The molecule has 0 aliphatic heterocycles. The summed E-state index contributed by atoms with van der Waals surface area (Å²) in [6, 6.07) is 12.2. The highest BCUT2D eigenvalue weighted by atomic mass is 32.1. The molecule has 3 aromatic rings. The van der Waals surface area contributed by atoms with Crippen molar-refractivity contribution in [2.75, 3.05) is 26.2 Å². The molecule has 3 rings (SSSR count). The van der Waals surface area contributed by atoms with Gasteiger partial charge in [-0.05, 0) is 81.6 Å². The maximum absolute atomic E-state index is 13.5. The summed E-state index contributed by atoms with van der Waals surface area (Å²) in [6.07, 6.45) is 8.83. The summed E-state index contributed by atoms with van der Waals surface area (Å²) in [7, 11) is 0. The van der Waals surface area contributed by atoms with Crippen LogP contribution < -0.4 is 4.74 Å². The Hall–Kier alpha value is -2.77. The number of aryl methyl sites for hydroxylation is 1. The third-order valence-electron chi connectivity index (χ3n) is 6.59. The van der Waals surface area contributed by atoms with Crippen molar-refractivity contribution < 1.29 is 14.5 Å². The molecule has 0 bridgehead atoms. The zero-order chi connectivity index (χ0) is 26.6. The van der Waals surface area contributed by atoms with Crippen molar-refractivity contribution in [2.24, 2.45) is 0 Å². The van der Waals surface area contributed by atoms with Crippen LogP contribution in [0, 0.1) is 10.1 Å². The number of benzene rings is 2. The van der Waals surface area contributed by atoms with Gasteiger partial charge in [0.2, 0.25) is 5.78 Å². The van der Waals surface area contributed by atoms with E-state index in [1.54, 1.807) is 41.7 Å². The van der Waals surface area contributed by atoms with Gasteiger partial charge in [-0.3, -0.25) is 14.9 Å². The molecule has 6 nitrogen and oxygen atoms in total. The Morgan fingerprint density at radius 3 is 2.19 bits per heavy atom. The zero-order valence-electron chi connectivity index (χ0n) is 22.5. The average molecular weight is 525 g/mol. The molecule has 37 heavy (non-hydrogen) atoms. The number of carbonyl (C=O) groups excluding carboxylic acids is 1. The number of nitro benzene ring substituents is 1. The fourth-order valence-corrected chi connectivity index (χ4v) is 5.55.